The Bertz CT molecular complexity index is 1290. The molecular formula is C28H34FN5O6. The molecular weight excluding hydrogens is 521 g/mol. The van der Waals surface area contributed by atoms with E-state index in [1.165, 1.54) is 26.2 Å². The van der Waals surface area contributed by atoms with Crippen LogP contribution in [0.25, 0.3) is 0 Å². The number of nitrogens with zero attached hydrogens (tertiary/aromatic N) is 3. The third-order valence-corrected chi connectivity index (χ3v) is 7.08. The van der Waals surface area contributed by atoms with Crippen molar-refractivity contribution in [3.8, 4) is 5.75 Å². The van der Waals surface area contributed by atoms with Crippen molar-refractivity contribution in [2.75, 3.05) is 7.11 Å². The Morgan fingerprint density at radius 3 is 2.60 bits per heavy atom. The summed E-state index contributed by atoms with van der Waals surface area (Å²) in [6.45, 7) is 4.71. The van der Waals surface area contributed by atoms with E-state index in [0.29, 0.717) is 29.2 Å². The first kappa shape index (κ1) is 28.9. The number of amides is 2. The van der Waals surface area contributed by atoms with Gasteiger partial charge in [-0.15, -0.1) is 0 Å². The lowest BCUT2D eigenvalue weighted by molar-refractivity contribution is -0.153. The molecule has 1 saturated carbocycles. The van der Waals surface area contributed by atoms with E-state index in [1.54, 1.807) is 26.0 Å². The number of aromatic nitrogens is 2. The number of hydrogen-bond acceptors (Lipinski definition) is 9. The maximum absolute atomic E-state index is 13.7. The van der Waals surface area contributed by atoms with E-state index in [1.807, 2.05) is 0 Å². The molecule has 11 nitrogen and oxygen atoms in total. The van der Waals surface area contributed by atoms with Crippen molar-refractivity contribution in [2.24, 2.45) is 11.1 Å². The maximum Gasteiger partial charge on any atom is 0.303 e. The summed E-state index contributed by atoms with van der Waals surface area (Å²) in [7, 11) is 1.38. The average Bonchev–Trinajstić information content (AvgIpc) is 3.42. The van der Waals surface area contributed by atoms with Crippen molar-refractivity contribution in [1.82, 2.24) is 20.6 Å². The highest BCUT2D eigenvalue weighted by Crippen LogP contribution is 2.33. The molecule has 0 saturated heterocycles. The van der Waals surface area contributed by atoms with E-state index in [9.17, 15) is 18.8 Å². The molecule has 1 aliphatic heterocycles. The monoisotopic (exact) mass is 555 g/mol. The number of esters is 1. The van der Waals surface area contributed by atoms with E-state index in [2.05, 4.69) is 25.8 Å². The first-order chi connectivity index (χ1) is 19.1. The number of ether oxygens (including phenoxy) is 2. The van der Waals surface area contributed by atoms with Crippen LogP contribution in [0.1, 0.15) is 73.5 Å². The van der Waals surface area contributed by atoms with E-state index in [-0.39, 0.29) is 42.0 Å². The number of hydrogen-bond donors (Lipinski definition) is 2. The SMILES string of the molecule is COc1cc(CNC(=O)c2cc(C3=NO[C@H](C4CCC(NC(=O)[C@H](C)OC(C)=O)CC4)C3)nc(C)n2)ccc1F. The molecule has 1 fully saturated rings. The molecule has 2 N–H and O–H groups in total. The fourth-order valence-electron chi connectivity index (χ4n) is 4.98. The summed E-state index contributed by atoms with van der Waals surface area (Å²) in [5.74, 6) is -0.856. The molecule has 2 heterocycles. The van der Waals surface area contributed by atoms with E-state index in [0.717, 1.165) is 25.7 Å². The minimum Gasteiger partial charge on any atom is -0.494 e. The summed E-state index contributed by atoms with van der Waals surface area (Å²) in [5, 5.41) is 10.0. The van der Waals surface area contributed by atoms with Gasteiger partial charge in [0.1, 0.15) is 23.3 Å². The van der Waals surface area contributed by atoms with Crippen LogP contribution < -0.4 is 15.4 Å². The molecule has 2 aliphatic rings. The largest absolute Gasteiger partial charge is 0.494 e. The molecule has 2 amide bonds. The lowest BCUT2D eigenvalue weighted by atomic mass is 9.81. The molecule has 2 aromatic rings. The van der Waals surface area contributed by atoms with Crippen LogP contribution in [0, 0.1) is 18.7 Å². The number of halogens is 1. The van der Waals surface area contributed by atoms with Crippen LogP contribution in [-0.2, 0) is 25.7 Å². The zero-order valence-electron chi connectivity index (χ0n) is 23.0. The summed E-state index contributed by atoms with van der Waals surface area (Å²) in [5.41, 5.74) is 2.06. The van der Waals surface area contributed by atoms with Gasteiger partial charge in [0.2, 0.25) is 0 Å². The molecule has 0 bridgehead atoms. The Hall–Kier alpha value is -4.09. The lowest BCUT2D eigenvalue weighted by Gasteiger charge is -2.31. The highest BCUT2D eigenvalue weighted by Gasteiger charge is 2.35. The normalized spacial score (nSPS) is 21.0. The van der Waals surface area contributed by atoms with Crippen LogP contribution in [0.2, 0.25) is 0 Å². The standard InChI is InChI=1S/C28H34FN5O6/c1-15(39-17(3)35)27(36)33-20-8-6-19(7-9-20)25-13-23(34-40-25)22-12-24(32-16(2)31-22)28(37)30-14-18-5-10-21(29)26(11-18)38-4/h5,10-12,15,19-20,25H,6-9,13-14H2,1-4H3,(H,30,37)(H,33,36)/t15-,19?,20?,25-/m0/s1. The number of benzene rings is 1. The first-order valence-corrected chi connectivity index (χ1v) is 13.3. The number of carbonyl (C=O) groups is 3. The van der Waals surface area contributed by atoms with Crippen molar-refractivity contribution in [2.45, 2.75) is 77.7 Å². The van der Waals surface area contributed by atoms with Gasteiger partial charge < -0.3 is 24.9 Å². The second kappa shape index (κ2) is 12.8. The van der Waals surface area contributed by atoms with Gasteiger partial charge in [0.05, 0.1) is 12.8 Å². The molecule has 0 radical (unpaired) electrons. The van der Waals surface area contributed by atoms with Gasteiger partial charge in [-0.25, -0.2) is 14.4 Å². The molecule has 0 spiro atoms. The Kier molecular flexibility index (Phi) is 9.28. The van der Waals surface area contributed by atoms with Crippen molar-refractivity contribution < 1.29 is 33.1 Å². The highest BCUT2D eigenvalue weighted by molar-refractivity contribution is 6.02. The summed E-state index contributed by atoms with van der Waals surface area (Å²) >= 11 is 0. The number of oxime groups is 1. The Balaban J connectivity index is 1.30. The van der Waals surface area contributed by atoms with Crippen molar-refractivity contribution in [3.63, 3.8) is 0 Å². The number of nitrogens with one attached hydrogen (secondary N) is 2. The zero-order chi connectivity index (χ0) is 28.8. The van der Waals surface area contributed by atoms with Crippen LogP contribution in [0.5, 0.6) is 5.75 Å². The molecule has 1 aromatic carbocycles. The van der Waals surface area contributed by atoms with E-state index in [4.69, 9.17) is 14.3 Å². The van der Waals surface area contributed by atoms with E-state index < -0.39 is 23.8 Å². The number of rotatable bonds is 9. The van der Waals surface area contributed by atoms with Gasteiger partial charge in [0.25, 0.3) is 11.8 Å². The fourth-order valence-corrected chi connectivity index (χ4v) is 4.98. The van der Waals surface area contributed by atoms with Gasteiger partial charge in [-0.3, -0.25) is 14.4 Å². The second-order valence-electron chi connectivity index (χ2n) is 10.1. The van der Waals surface area contributed by atoms with Gasteiger partial charge in [0, 0.05) is 25.9 Å². The summed E-state index contributed by atoms with van der Waals surface area (Å²) in [4.78, 5) is 50.7. The first-order valence-electron chi connectivity index (χ1n) is 13.3. The fraction of sp³-hybridized carbons (Fsp3) is 0.500. The zero-order valence-corrected chi connectivity index (χ0v) is 23.0. The second-order valence-corrected chi connectivity index (χ2v) is 10.1. The average molecular weight is 556 g/mol. The predicted molar refractivity (Wildman–Crippen MR) is 142 cm³/mol. The van der Waals surface area contributed by atoms with Crippen LogP contribution in [0.4, 0.5) is 4.39 Å². The summed E-state index contributed by atoms with van der Waals surface area (Å²) < 4.78 is 23.6. The van der Waals surface area contributed by atoms with Crippen molar-refractivity contribution in [3.05, 3.63) is 52.9 Å². The van der Waals surface area contributed by atoms with Gasteiger partial charge in [-0.1, -0.05) is 11.2 Å². The Labute approximate surface area is 231 Å². The van der Waals surface area contributed by atoms with Crippen LogP contribution >= 0.6 is 0 Å². The van der Waals surface area contributed by atoms with Crippen LogP contribution in [-0.4, -0.2) is 58.8 Å². The highest BCUT2D eigenvalue weighted by atomic mass is 19.1. The Morgan fingerprint density at radius 2 is 1.90 bits per heavy atom. The topological polar surface area (TPSA) is 141 Å². The van der Waals surface area contributed by atoms with Gasteiger partial charge in [-0.2, -0.15) is 0 Å². The quantitative estimate of drug-likeness (QED) is 0.450. The van der Waals surface area contributed by atoms with Gasteiger partial charge in [0.15, 0.2) is 17.7 Å². The lowest BCUT2D eigenvalue weighted by Crippen LogP contribution is -2.44. The van der Waals surface area contributed by atoms with E-state index >= 15 is 0 Å². The number of carbonyl (C=O) groups excluding carboxylic acids is 3. The molecule has 1 aliphatic carbocycles. The molecule has 214 valence electrons. The van der Waals surface area contributed by atoms with Crippen LogP contribution in [0.3, 0.4) is 0 Å². The predicted octanol–water partition coefficient (Wildman–Crippen LogP) is 2.98. The van der Waals surface area contributed by atoms with Crippen molar-refractivity contribution >= 4 is 23.5 Å². The molecule has 0 unspecified atom stereocenters. The molecule has 4 rings (SSSR count). The third kappa shape index (κ3) is 7.30. The maximum atomic E-state index is 13.7. The summed E-state index contributed by atoms with van der Waals surface area (Å²) in [6.07, 6.45) is 2.89. The molecule has 2 atom stereocenters. The van der Waals surface area contributed by atoms with Gasteiger partial charge in [-0.05, 0) is 69.2 Å². The summed E-state index contributed by atoms with van der Waals surface area (Å²) in [6, 6.07) is 6.00. The number of aryl methyl sites for hydroxylation is 1. The minimum atomic E-state index is -0.820. The molecule has 12 heteroatoms. The smallest absolute Gasteiger partial charge is 0.303 e. The third-order valence-electron chi connectivity index (χ3n) is 7.08. The minimum absolute atomic E-state index is 0.0186. The van der Waals surface area contributed by atoms with Crippen molar-refractivity contribution in [1.29, 1.82) is 0 Å². The molecule has 1 aromatic heterocycles. The number of methoxy groups -OCH3 is 1. The Morgan fingerprint density at radius 1 is 1.15 bits per heavy atom. The van der Waals surface area contributed by atoms with Crippen LogP contribution in [0.15, 0.2) is 29.4 Å². The van der Waals surface area contributed by atoms with Gasteiger partial charge >= 0.3 is 5.97 Å². The molecule has 40 heavy (non-hydrogen) atoms.